The summed E-state index contributed by atoms with van der Waals surface area (Å²) >= 11 is 0. The molecule has 2 fully saturated rings. The summed E-state index contributed by atoms with van der Waals surface area (Å²) in [6.07, 6.45) is 4.14. The standard InChI is InChI=1S/C14H24N2O4/c1-14(6-2-3-11(14)15)13(19)16-7-4-10(5-8-16)20-9-12(17)18/h10-11H,2-9,15H2,1H3,(H,17,18). The zero-order valence-electron chi connectivity index (χ0n) is 12.0. The molecule has 2 atom stereocenters. The highest BCUT2D eigenvalue weighted by Gasteiger charge is 2.45. The number of hydrogen-bond acceptors (Lipinski definition) is 4. The summed E-state index contributed by atoms with van der Waals surface area (Å²) < 4.78 is 5.28. The number of piperidine rings is 1. The summed E-state index contributed by atoms with van der Waals surface area (Å²) in [7, 11) is 0. The zero-order chi connectivity index (χ0) is 14.8. The number of carboxylic acid groups (broad SMARTS) is 1. The van der Waals surface area contributed by atoms with E-state index >= 15 is 0 Å². The van der Waals surface area contributed by atoms with Crippen LogP contribution in [0, 0.1) is 5.41 Å². The molecular weight excluding hydrogens is 260 g/mol. The van der Waals surface area contributed by atoms with Gasteiger partial charge in [-0.05, 0) is 32.6 Å². The Hall–Kier alpha value is -1.14. The minimum atomic E-state index is -0.951. The highest BCUT2D eigenvalue weighted by molar-refractivity contribution is 5.83. The van der Waals surface area contributed by atoms with Crippen LogP contribution in [-0.2, 0) is 14.3 Å². The molecule has 0 aromatic rings. The molecule has 3 N–H and O–H groups in total. The van der Waals surface area contributed by atoms with Crippen molar-refractivity contribution in [3.05, 3.63) is 0 Å². The second-order valence-electron chi connectivity index (χ2n) is 6.11. The second kappa shape index (κ2) is 6.10. The fourth-order valence-electron chi connectivity index (χ4n) is 3.23. The van der Waals surface area contributed by atoms with Crippen molar-refractivity contribution in [1.82, 2.24) is 4.90 Å². The van der Waals surface area contributed by atoms with E-state index in [2.05, 4.69) is 0 Å². The van der Waals surface area contributed by atoms with Crippen molar-refractivity contribution in [2.24, 2.45) is 11.1 Å². The monoisotopic (exact) mass is 284 g/mol. The SMILES string of the molecule is CC1(C(=O)N2CCC(OCC(=O)O)CC2)CCCC1N. The Bertz CT molecular complexity index is 379. The first-order valence-electron chi connectivity index (χ1n) is 7.32. The normalized spacial score (nSPS) is 31.5. The fourth-order valence-corrected chi connectivity index (χ4v) is 3.23. The molecule has 114 valence electrons. The van der Waals surface area contributed by atoms with Crippen LogP contribution in [0.3, 0.4) is 0 Å². The fraction of sp³-hybridized carbons (Fsp3) is 0.857. The van der Waals surface area contributed by atoms with Gasteiger partial charge in [-0.25, -0.2) is 4.79 Å². The van der Waals surface area contributed by atoms with E-state index in [0.717, 1.165) is 19.3 Å². The quantitative estimate of drug-likeness (QED) is 0.788. The van der Waals surface area contributed by atoms with Gasteiger partial charge in [-0.2, -0.15) is 0 Å². The Morgan fingerprint density at radius 2 is 2.00 bits per heavy atom. The molecule has 0 spiro atoms. The second-order valence-corrected chi connectivity index (χ2v) is 6.11. The molecular formula is C14H24N2O4. The lowest BCUT2D eigenvalue weighted by atomic mass is 9.83. The van der Waals surface area contributed by atoms with E-state index in [1.807, 2.05) is 11.8 Å². The maximum absolute atomic E-state index is 12.6. The van der Waals surface area contributed by atoms with Crippen LogP contribution in [0.2, 0.25) is 0 Å². The first-order valence-corrected chi connectivity index (χ1v) is 7.32. The van der Waals surface area contributed by atoms with Crippen LogP contribution in [0.1, 0.15) is 39.0 Å². The third-order valence-electron chi connectivity index (χ3n) is 4.69. The van der Waals surface area contributed by atoms with E-state index in [-0.39, 0.29) is 24.7 Å². The Morgan fingerprint density at radius 1 is 1.35 bits per heavy atom. The van der Waals surface area contributed by atoms with Gasteiger partial charge in [-0.15, -0.1) is 0 Å². The number of carboxylic acids is 1. The van der Waals surface area contributed by atoms with Gasteiger partial charge in [-0.3, -0.25) is 4.79 Å². The topological polar surface area (TPSA) is 92.9 Å². The molecule has 0 radical (unpaired) electrons. The molecule has 2 aliphatic rings. The van der Waals surface area contributed by atoms with Crippen LogP contribution in [0.5, 0.6) is 0 Å². The largest absolute Gasteiger partial charge is 0.480 e. The summed E-state index contributed by atoms with van der Waals surface area (Å²) in [6, 6.07) is -0.0454. The molecule has 20 heavy (non-hydrogen) atoms. The van der Waals surface area contributed by atoms with E-state index in [4.69, 9.17) is 15.6 Å². The minimum Gasteiger partial charge on any atom is -0.480 e. The lowest BCUT2D eigenvalue weighted by Gasteiger charge is -2.38. The average Bonchev–Trinajstić information content (AvgIpc) is 2.77. The molecule has 0 aromatic carbocycles. The molecule has 6 nitrogen and oxygen atoms in total. The summed E-state index contributed by atoms with van der Waals surface area (Å²) in [5, 5.41) is 8.59. The molecule has 1 aliphatic heterocycles. The van der Waals surface area contributed by atoms with Gasteiger partial charge < -0.3 is 20.5 Å². The summed E-state index contributed by atoms with van der Waals surface area (Å²) in [6.45, 7) is 2.97. The molecule has 1 saturated carbocycles. The third kappa shape index (κ3) is 3.12. The smallest absolute Gasteiger partial charge is 0.329 e. The van der Waals surface area contributed by atoms with Gasteiger partial charge in [-0.1, -0.05) is 6.42 Å². The lowest BCUT2D eigenvalue weighted by molar-refractivity contribution is -0.149. The van der Waals surface area contributed by atoms with E-state index in [1.54, 1.807) is 0 Å². The minimum absolute atomic E-state index is 0.0454. The van der Waals surface area contributed by atoms with Gasteiger partial charge in [0.1, 0.15) is 6.61 Å². The Morgan fingerprint density at radius 3 is 2.50 bits per heavy atom. The molecule has 1 saturated heterocycles. The molecule has 1 aliphatic carbocycles. The van der Waals surface area contributed by atoms with Crippen molar-refractivity contribution >= 4 is 11.9 Å². The molecule has 0 bridgehead atoms. The zero-order valence-corrected chi connectivity index (χ0v) is 12.0. The Balaban J connectivity index is 1.84. The van der Waals surface area contributed by atoms with Crippen LogP contribution in [0.25, 0.3) is 0 Å². The predicted octanol–water partition coefficient (Wildman–Crippen LogP) is 0.596. The molecule has 2 rings (SSSR count). The van der Waals surface area contributed by atoms with Gasteiger partial charge >= 0.3 is 5.97 Å². The first-order chi connectivity index (χ1) is 9.43. The van der Waals surface area contributed by atoms with E-state index < -0.39 is 11.4 Å². The van der Waals surface area contributed by atoms with E-state index in [1.165, 1.54) is 0 Å². The highest BCUT2D eigenvalue weighted by atomic mass is 16.5. The van der Waals surface area contributed by atoms with Crippen LogP contribution < -0.4 is 5.73 Å². The van der Waals surface area contributed by atoms with Crippen molar-refractivity contribution in [3.63, 3.8) is 0 Å². The van der Waals surface area contributed by atoms with Crippen molar-refractivity contribution in [3.8, 4) is 0 Å². The number of hydrogen-bond donors (Lipinski definition) is 2. The summed E-state index contributed by atoms with van der Waals surface area (Å²) in [5.41, 5.74) is 5.67. The van der Waals surface area contributed by atoms with Crippen molar-refractivity contribution in [2.75, 3.05) is 19.7 Å². The van der Waals surface area contributed by atoms with Gasteiger partial charge in [0, 0.05) is 19.1 Å². The van der Waals surface area contributed by atoms with E-state index in [9.17, 15) is 9.59 Å². The molecule has 1 heterocycles. The van der Waals surface area contributed by atoms with Crippen LogP contribution in [-0.4, -0.2) is 53.7 Å². The number of ether oxygens (including phenoxy) is 1. The third-order valence-corrected chi connectivity index (χ3v) is 4.69. The number of amides is 1. The average molecular weight is 284 g/mol. The maximum Gasteiger partial charge on any atom is 0.329 e. The van der Waals surface area contributed by atoms with Crippen molar-refractivity contribution < 1.29 is 19.4 Å². The molecule has 0 aromatic heterocycles. The number of nitrogens with two attached hydrogens (primary N) is 1. The predicted molar refractivity (Wildman–Crippen MR) is 73.1 cm³/mol. The van der Waals surface area contributed by atoms with Crippen LogP contribution in [0.15, 0.2) is 0 Å². The number of carbonyl (C=O) groups is 2. The molecule has 2 unspecified atom stereocenters. The van der Waals surface area contributed by atoms with Crippen LogP contribution in [0.4, 0.5) is 0 Å². The summed E-state index contributed by atoms with van der Waals surface area (Å²) in [4.78, 5) is 24.9. The number of aliphatic carboxylic acids is 1. The number of carbonyl (C=O) groups excluding carboxylic acids is 1. The summed E-state index contributed by atoms with van der Waals surface area (Å²) in [5.74, 6) is -0.799. The van der Waals surface area contributed by atoms with Gasteiger partial charge in [0.2, 0.25) is 5.91 Å². The van der Waals surface area contributed by atoms with Gasteiger partial charge in [0.05, 0.1) is 11.5 Å². The Labute approximate surface area is 119 Å². The molecule has 6 heteroatoms. The van der Waals surface area contributed by atoms with Crippen LogP contribution >= 0.6 is 0 Å². The lowest BCUT2D eigenvalue weighted by Crippen LogP contribution is -2.52. The first kappa shape index (κ1) is 15.3. The van der Waals surface area contributed by atoms with E-state index in [0.29, 0.717) is 25.9 Å². The number of likely N-dealkylation sites (tertiary alicyclic amines) is 1. The van der Waals surface area contributed by atoms with Gasteiger partial charge in [0.25, 0.3) is 0 Å². The highest BCUT2D eigenvalue weighted by Crippen LogP contribution is 2.38. The number of rotatable bonds is 4. The molecule has 1 amide bonds. The van der Waals surface area contributed by atoms with Crippen molar-refractivity contribution in [1.29, 1.82) is 0 Å². The number of nitrogens with zero attached hydrogens (tertiary/aromatic N) is 1. The Kier molecular flexibility index (Phi) is 4.65. The maximum atomic E-state index is 12.6. The van der Waals surface area contributed by atoms with Crippen molar-refractivity contribution in [2.45, 2.75) is 51.2 Å². The van der Waals surface area contributed by atoms with Gasteiger partial charge in [0.15, 0.2) is 0 Å².